The van der Waals surface area contributed by atoms with E-state index in [2.05, 4.69) is 156 Å². The first-order valence-corrected chi connectivity index (χ1v) is 23.6. The number of benzene rings is 4. The third kappa shape index (κ3) is 10.9. The van der Waals surface area contributed by atoms with Crippen molar-refractivity contribution in [1.82, 2.24) is 0 Å². The Hall–Kier alpha value is -3.53. The van der Waals surface area contributed by atoms with Crippen LogP contribution in [0.15, 0.2) is 72.8 Å². The van der Waals surface area contributed by atoms with E-state index < -0.39 is 18.1 Å². The molecule has 4 aromatic carbocycles. The molecule has 7 heteroatoms. The average Bonchev–Trinajstić information content (AvgIpc) is 3.08. The monoisotopic (exact) mass is 782 g/mol. The van der Waals surface area contributed by atoms with Gasteiger partial charge in [-0.2, -0.15) is 0 Å². The van der Waals surface area contributed by atoms with Gasteiger partial charge in [0, 0.05) is 0 Å². The van der Waals surface area contributed by atoms with Gasteiger partial charge in [-0.3, -0.25) is 0 Å². The molecule has 0 spiro atoms. The Morgan fingerprint density at radius 3 is 0.709 bits per heavy atom. The van der Waals surface area contributed by atoms with Gasteiger partial charge < -0.3 is 23.1 Å². The van der Waals surface area contributed by atoms with E-state index in [9.17, 15) is 0 Å². The highest BCUT2D eigenvalue weighted by molar-refractivity contribution is 6.92. The second-order valence-corrected chi connectivity index (χ2v) is 23.7. The lowest BCUT2D eigenvalue weighted by Gasteiger charge is -2.36. The van der Waals surface area contributed by atoms with Gasteiger partial charge in [0.1, 0.15) is 23.0 Å². The largest absolute Gasteiger partial charge is 0.494 e. The van der Waals surface area contributed by atoms with Crippen molar-refractivity contribution in [3.8, 4) is 23.0 Å². The molecule has 0 aliphatic rings. The van der Waals surface area contributed by atoms with E-state index in [4.69, 9.17) is 23.1 Å². The van der Waals surface area contributed by atoms with Crippen LogP contribution in [-0.2, 0) is 25.8 Å². The zero-order valence-electron chi connectivity index (χ0n) is 37.0. The predicted octanol–water partition coefficient (Wildman–Crippen LogP) is 8.86. The van der Waals surface area contributed by atoms with Crippen molar-refractivity contribution in [1.29, 1.82) is 0 Å². The van der Waals surface area contributed by atoms with Gasteiger partial charge >= 0.3 is 0 Å². The first-order chi connectivity index (χ1) is 25.6. The maximum atomic E-state index is 8.25. The van der Waals surface area contributed by atoms with Crippen LogP contribution in [0.4, 0.5) is 0 Å². The zero-order chi connectivity index (χ0) is 40.9. The molecular formula is C48H70O5Si2. The molecule has 0 aliphatic heterocycles. The van der Waals surface area contributed by atoms with Gasteiger partial charge in [-0.1, -0.05) is 107 Å². The third-order valence-corrected chi connectivity index (χ3v) is 16.4. The smallest absolute Gasteiger partial charge is 0.229 e. The van der Waals surface area contributed by atoms with E-state index in [1.54, 1.807) is 0 Å². The summed E-state index contributed by atoms with van der Waals surface area (Å²) in [7, 11) is -5.04. The molecule has 0 amide bonds. The summed E-state index contributed by atoms with van der Waals surface area (Å²) in [6.45, 7) is 38.3. The molecule has 0 atom stereocenters. The van der Waals surface area contributed by atoms with Crippen molar-refractivity contribution in [2.24, 2.45) is 0 Å². The van der Waals surface area contributed by atoms with Gasteiger partial charge in [-0.15, -0.1) is 0 Å². The van der Waals surface area contributed by atoms with E-state index in [-0.39, 0.29) is 21.7 Å². The Morgan fingerprint density at radius 2 is 0.545 bits per heavy atom. The summed E-state index contributed by atoms with van der Waals surface area (Å²) in [4.78, 5) is 0. The topological polar surface area (TPSA) is 46.2 Å². The molecular weight excluding hydrogens is 713 g/mol. The van der Waals surface area contributed by atoms with Crippen molar-refractivity contribution in [3.63, 3.8) is 0 Å². The summed E-state index contributed by atoms with van der Waals surface area (Å²) in [6, 6.07) is 26.9. The van der Waals surface area contributed by atoms with Crippen LogP contribution in [0.3, 0.4) is 0 Å². The van der Waals surface area contributed by atoms with Crippen molar-refractivity contribution in [3.05, 3.63) is 95.1 Å². The van der Waals surface area contributed by atoms with Gasteiger partial charge in [0.25, 0.3) is 0 Å². The molecule has 55 heavy (non-hydrogen) atoms. The number of rotatable bonds is 14. The molecule has 4 aromatic rings. The van der Waals surface area contributed by atoms with Gasteiger partial charge in [0.05, 0.1) is 26.4 Å². The maximum Gasteiger partial charge on any atom is 0.229 e. The first kappa shape index (κ1) is 44.2. The van der Waals surface area contributed by atoms with Crippen molar-refractivity contribution in [2.75, 3.05) is 26.4 Å². The molecule has 0 saturated heterocycles. The molecule has 4 rings (SSSR count). The van der Waals surface area contributed by atoms with Crippen LogP contribution in [0.1, 0.15) is 133 Å². The Balaban J connectivity index is 2.20. The van der Waals surface area contributed by atoms with Crippen LogP contribution in [0.2, 0.25) is 0 Å². The van der Waals surface area contributed by atoms with Crippen LogP contribution >= 0.6 is 0 Å². The molecule has 0 bridgehead atoms. The average molecular weight is 783 g/mol. The van der Waals surface area contributed by atoms with E-state index in [0.717, 1.165) is 23.0 Å². The molecule has 0 saturated carbocycles. The number of ether oxygens (including phenoxy) is 4. The van der Waals surface area contributed by atoms with Crippen molar-refractivity contribution >= 4 is 38.8 Å². The maximum absolute atomic E-state index is 8.25. The highest BCUT2D eigenvalue weighted by atomic mass is 28.4. The lowest BCUT2D eigenvalue weighted by Crippen LogP contribution is -2.60. The molecule has 0 aliphatic carbocycles. The minimum Gasteiger partial charge on any atom is -0.494 e. The summed E-state index contributed by atoms with van der Waals surface area (Å²) >= 11 is 0. The summed E-state index contributed by atoms with van der Waals surface area (Å²) < 4.78 is 32.8. The van der Waals surface area contributed by atoms with Crippen LogP contribution in [-0.4, -0.2) is 44.5 Å². The molecule has 0 unspecified atom stereocenters. The SMILES string of the molecule is CCOc1ccc([SiH](O[SiH](c2ccc(OCC)cc2C(C)(C)C)c2ccc(OCC)cc2C(C)(C)C)c2ccc(OCC)cc2C(C)(C)C)c(C(C)(C)C)c1. The van der Waals surface area contributed by atoms with E-state index in [1.165, 1.54) is 43.0 Å². The summed E-state index contributed by atoms with van der Waals surface area (Å²) in [5.74, 6) is 3.57. The van der Waals surface area contributed by atoms with E-state index in [0.29, 0.717) is 26.4 Å². The molecule has 0 heterocycles. The number of hydrogen-bond donors (Lipinski definition) is 0. The minimum absolute atomic E-state index is 0.160. The second-order valence-electron chi connectivity index (χ2n) is 18.6. The molecule has 0 radical (unpaired) electrons. The lowest BCUT2D eigenvalue weighted by molar-refractivity contribution is 0.339. The van der Waals surface area contributed by atoms with Crippen molar-refractivity contribution < 1.29 is 23.1 Å². The highest BCUT2D eigenvalue weighted by Gasteiger charge is 2.38. The van der Waals surface area contributed by atoms with E-state index >= 15 is 0 Å². The molecule has 0 N–H and O–H groups in total. The fraction of sp³-hybridized carbons (Fsp3) is 0.500. The van der Waals surface area contributed by atoms with Crippen LogP contribution in [0.25, 0.3) is 0 Å². The van der Waals surface area contributed by atoms with Gasteiger partial charge in [0.15, 0.2) is 0 Å². The number of hydrogen-bond acceptors (Lipinski definition) is 5. The molecule has 0 aromatic heterocycles. The standard InChI is InChI=1S/C48H70O5Si2/c1-17-49-33-21-25-41(37(29-33)45(5,6)7)54(42-26-22-34(50-18-2)30-38(42)46(8,9)10)53-55(43-27-23-35(51-19-3)31-39(43)47(11,12)13)44-28-24-36(52-20-4)32-40(44)48(14,15)16/h21-32,54-55H,17-20H2,1-16H3. The van der Waals surface area contributed by atoms with Crippen molar-refractivity contribution in [2.45, 2.75) is 132 Å². The fourth-order valence-electron chi connectivity index (χ4n) is 7.44. The zero-order valence-corrected chi connectivity index (χ0v) is 39.3. The molecule has 300 valence electrons. The Bertz CT molecular complexity index is 1620. The van der Waals surface area contributed by atoms with Crippen LogP contribution < -0.4 is 39.7 Å². The van der Waals surface area contributed by atoms with Gasteiger partial charge in [-0.05, 0) is 141 Å². The first-order valence-electron chi connectivity index (χ1n) is 20.4. The Morgan fingerprint density at radius 1 is 0.345 bits per heavy atom. The fourth-order valence-corrected chi connectivity index (χ4v) is 15.8. The van der Waals surface area contributed by atoms with Gasteiger partial charge in [-0.25, -0.2) is 0 Å². The van der Waals surface area contributed by atoms with Gasteiger partial charge in [0.2, 0.25) is 18.1 Å². The highest BCUT2D eigenvalue weighted by Crippen LogP contribution is 2.31. The second kappa shape index (κ2) is 17.7. The lowest BCUT2D eigenvalue weighted by atomic mass is 9.86. The molecule has 5 nitrogen and oxygen atoms in total. The molecule has 0 fully saturated rings. The van der Waals surface area contributed by atoms with Crippen LogP contribution in [0.5, 0.6) is 23.0 Å². The van der Waals surface area contributed by atoms with Crippen LogP contribution in [0, 0.1) is 0 Å². The minimum atomic E-state index is -2.52. The Kier molecular flexibility index (Phi) is 14.2. The normalized spacial score (nSPS) is 12.7. The third-order valence-electron chi connectivity index (χ3n) is 9.98. The van der Waals surface area contributed by atoms with E-state index in [1.807, 2.05) is 27.7 Å². The predicted molar refractivity (Wildman–Crippen MR) is 239 cm³/mol. The summed E-state index contributed by atoms with van der Waals surface area (Å²) in [6.07, 6.45) is 0. The summed E-state index contributed by atoms with van der Waals surface area (Å²) in [5, 5.41) is 5.15. The summed E-state index contributed by atoms with van der Waals surface area (Å²) in [5.41, 5.74) is 4.42. The Labute approximate surface area is 337 Å². The quantitative estimate of drug-likeness (QED) is 0.120.